The van der Waals surface area contributed by atoms with Gasteiger partial charge in [0, 0.05) is 0 Å². The van der Waals surface area contributed by atoms with Crippen molar-refractivity contribution in [1.29, 1.82) is 0 Å². The predicted octanol–water partition coefficient (Wildman–Crippen LogP) is 1.84. The second kappa shape index (κ2) is 1.68. The molecule has 2 nitrogen and oxygen atoms in total. The second-order valence-electron chi connectivity index (χ2n) is 1.29. The highest BCUT2D eigenvalue weighted by Gasteiger charge is 2.21. The summed E-state index contributed by atoms with van der Waals surface area (Å²) < 4.78 is 38.4. The fourth-order valence-electron chi connectivity index (χ4n) is 0.347. The van der Waals surface area contributed by atoms with Gasteiger partial charge in [0.15, 0.2) is 0 Å². The van der Waals surface area contributed by atoms with Gasteiger partial charge in [-0.3, -0.25) is 0 Å². The summed E-state index contributed by atoms with van der Waals surface area (Å²) >= 11 is 0. The maximum absolute atomic E-state index is 11.7. The maximum Gasteiger partial charge on any atom is 0.377 e. The number of hydrogen-bond donors (Lipinski definition) is 0. The van der Waals surface area contributed by atoms with E-state index in [4.69, 9.17) is 0 Å². The van der Waals surface area contributed by atoms with Crippen LogP contribution in [0.25, 0.3) is 0 Å². The Morgan fingerprint density at radius 2 is 1.67 bits per heavy atom. The smallest absolute Gasteiger partial charge is 0.377 e. The number of halogens is 3. The predicted molar refractivity (Wildman–Crippen MR) is 18.7 cm³/mol. The lowest BCUT2D eigenvalue weighted by Crippen LogP contribution is -1.75. The van der Waals surface area contributed by atoms with Crippen LogP contribution in [0.3, 0.4) is 0 Å². The van der Waals surface area contributed by atoms with Crippen molar-refractivity contribution in [3.05, 3.63) is 17.6 Å². The number of furan rings is 1. The standard InChI is InChI=1S/C4F3O2/c5-1-2(6)4(8)9-3(1)7. The molecule has 1 radical (unpaired) electrons. The molecule has 0 atom stereocenters. The van der Waals surface area contributed by atoms with Crippen LogP contribution in [-0.2, 0) is 5.11 Å². The van der Waals surface area contributed by atoms with Crippen molar-refractivity contribution >= 4 is 0 Å². The van der Waals surface area contributed by atoms with Gasteiger partial charge in [-0.2, -0.15) is 13.2 Å². The molecule has 1 aromatic heterocycles. The number of hydrogen-bond acceptors (Lipinski definition) is 1. The molecule has 0 N–H and O–H groups in total. The SMILES string of the molecule is [O]c1oc(F)c(F)c1F. The van der Waals surface area contributed by atoms with E-state index in [0.29, 0.717) is 0 Å². The molecule has 0 amide bonds. The van der Waals surface area contributed by atoms with Crippen LogP contribution in [0.15, 0.2) is 4.42 Å². The Hall–Kier alpha value is -1.13. The summed E-state index contributed by atoms with van der Waals surface area (Å²) in [5.74, 6) is -5.29. The molecule has 0 aliphatic carbocycles. The first kappa shape index (κ1) is 6.00. The van der Waals surface area contributed by atoms with E-state index in [1.54, 1.807) is 0 Å². The zero-order valence-electron chi connectivity index (χ0n) is 3.95. The van der Waals surface area contributed by atoms with Crippen LogP contribution in [-0.4, -0.2) is 0 Å². The molecular weight excluding hydrogens is 137 g/mol. The second-order valence-corrected chi connectivity index (χ2v) is 1.29. The minimum absolute atomic E-state index is 1.62. The molecule has 0 aliphatic heterocycles. The minimum atomic E-state index is -1.86. The molecule has 1 heterocycles. The van der Waals surface area contributed by atoms with Crippen LogP contribution in [0.4, 0.5) is 13.2 Å². The summed E-state index contributed by atoms with van der Waals surface area (Å²) in [5, 5.41) is 9.84. The van der Waals surface area contributed by atoms with Crippen molar-refractivity contribution in [2.75, 3.05) is 0 Å². The van der Waals surface area contributed by atoms with Gasteiger partial charge >= 0.3 is 12.0 Å². The van der Waals surface area contributed by atoms with Crippen molar-refractivity contribution in [2.24, 2.45) is 0 Å². The van der Waals surface area contributed by atoms with Gasteiger partial charge in [0.25, 0.3) is 0 Å². The lowest BCUT2D eigenvalue weighted by molar-refractivity contribution is 0.200. The molecule has 0 bridgehead atoms. The van der Waals surface area contributed by atoms with Gasteiger partial charge in [-0.25, -0.2) is 5.11 Å². The Bertz CT molecular complexity index is 207. The zero-order valence-corrected chi connectivity index (χ0v) is 3.95. The average molecular weight is 137 g/mol. The summed E-state index contributed by atoms with van der Waals surface area (Å²) in [5.41, 5.74) is 0. The molecule has 0 aliphatic rings. The van der Waals surface area contributed by atoms with Crippen LogP contribution >= 0.6 is 0 Å². The van der Waals surface area contributed by atoms with E-state index in [9.17, 15) is 18.3 Å². The van der Waals surface area contributed by atoms with Crippen LogP contribution in [0.5, 0.6) is 5.95 Å². The normalized spacial score (nSPS) is 10.1. The first-order valence-electron chi connectivity index (χ1n) is 1.93. The zero-order chi connectivity index (χ0) is 7.02. The highest BCUT2D eigenvalue weighted by atomic mass is 19.2. The van der Waals surface area contributed by atoms with E-state index in [1.165, 1.54) is 0 Å². The molecule has 0 aromatic carbocycles. The molecular formula is C4F3O2. The van der Waals surface area contributed by atoms with Crippen LogP contribution in [0, 0.1) is 17.6 Å². The quantitative estimate of drug-likeness (QED) is 0.536. The molecule has 0 fully saturated rings. The molecule has 9 heavy (non-hydrogen) atoms. The van der Waals surface area contributed by atoms with E-state index in [2.05, 4.69) is 4.42 Å². The third kappa shape index (κ3) is 0.737. The monoisotopic (exact) mass is 137 g/mol. The summed E-state index contributed by atoms with van der Waals surface area (Å²) in [6.07, 6.45) is 0. The first-order valence-corrected chi connectivity index (χ1v) is 1.93. The molecule has 0 spiro atoms. The van der Waals surface area contributed by atoms with Crippen molar-refractivity contribution in [3.63, 3.8) is 0 Å². The van der Waals surface area contributed by atoms with Gasteiger partial charge < -0.3 is 4.42 Å². The first-order chi connectivity index (χ1) is 4.13. The van der Waals surface area contributed by atoms with E-state index in [1.807, 2.05) is 0 Å². The Balaban J connectivity index is 3.29. The Labute approximate surface area is 47.5 Å². The van der Waals surface area contributed by atoms with Gasteiger partial charge in [-0.15, -0.1) is 0 Å². The minimum Gasteiger partial charge on any atom is -0.391 e. The van der Waals surface area contributed by atoms with Gasteiger partial charge in [0.2, 0.25) is 11.6 Å². The van der Waals surface area contributed by atoms with E-state index in [-0.39, 0.29) is 0 Å². The Morgan fingerprint density at radius 1 is 1.11 bits per heavy atom. The van der Waals surface area contributed by atoms with E-state index < -0.39 is 23.6 Å². The summed E-state index contributed by atoms with van der Waals surface area (Å²) in [4.78, 5) is 0. The van der Waals surface area contributed by atoms with Gasteiger partial charge in [-0.1, -0.05) is 0 Å². The molecule has 5 heteroatoms. The third-order valence-electron chi connectivity index (χ3n) is 0.727. The van der Waals surface area contributed by atoms with Gasteiger partial charge in [0.1, 0.15) is 0 Å². The Kier molecular flexibility index (Phi) is 1.12. The molecule has 49 valence electrons. The third-order valence-corrected chi connectivity index (χ3v) is 0.727. The highest BCUT2D eigenvalue weighted by Crippen LogP contribution is 2.23. The molecule has 1 rings (SSSR count). The van der Waals surface area contributed by atoms with Crippen molar-refractivity contribution in [3.8, 4) is 5.95 Å². The lowest BCUT2D eigenvalue weighted by Gasteiger charge is -1.71. The van der Waals surface area contributed by atoms with Crippen molar-refractivity contribution in [1.82, 2.24) is 0 Å². The van der Waals surface area contributed by atoms with Gasteiger partial charge in [0.05, 0.1) is 0 Å². The average Bonchev–Trinajstić information content (AvgIpc) is 1.98. The van der Waals surface area contributed by atoms with Crippen molar-refractivity contribution < 1.29 is 22.7 Å². The summed E-state index contributed by atoms with van der Waals surface area (Å²) in [6.45, 7) is 0. The summed E-state index contributed by atoms with van der Waals surface area (Å²) in [7, 11) is 0. The topological polar surface area (TPSA) is 33.0 Å². The summed E-state index contributed by atoms with van der Waals surface area (Å²) in [6, 6.07) is -1.81. The van der Waals surface area contributed by atoms with Crippen LogP contribution in [0.2, 0.25) is 0 Å². The lowest BCUT2D eigenvalue weighted by atomic mass is 10.6. The number of rotatable bonds is 0. The fraction of sp³-hybridized carbons (Fsp3) is 0. The molecule has 0 unspecified atom stereocenters. The van der Waals surface area contributed by atoms with Crippen LogP contribution < -0.4 is 0 Å². The molecule has 0 saturated heterocycles. The fourth-order valence-corrected chi connectivity index (χ4v) is 0.347. The highest BCUT2D eigenvalue weighted by molar-refractivity contribution is 5.09. The van der Waals surface area contributed by atoms with Crippen LogP contribution in [0.1, 0.15) is 0 Å². The van der Waals surface area contributed by atoms with Gasteiger partial charge in [-0.05, 0) is 0 Å². The largest absolute Gasteiger partial charge is 0.391 e. The van der Waals surface area contributed by atoms with E-state index in [0.717, 1.165) is 0 Å². The maximum atomic E-state index is 11.7. The molecule has 0 saturated carbocycles. The van der Waals surface area contributed by atoms with Crippen molar-refractivity contribution in [2.45, 2.75) is 0 Å². The molecule has 1 aromatic rings. The van der Waals surface area contributed by atoms with E-state index >= 15 is 0 Å². The Morgan fingerprint density at radius 3 is 1.78 bits per heavy atom.